The third-order valence-electron chi connectivity index (χ3n) is 8.02. The average molecular weight is 596 g/mol. The highest BCUT2D eigenvalue weighted by molar-refractivity contribution is 5.98. The van der Waals surface area contributed by atoms with E-state index in [1.165, 1.54) is 31.4 Å². The van der Waals surface area contributed by atoms with Crippen LogP contribution in [0.15, 0.2) is 66.7 Å². The Balaban J connectivity index is 1.53. The van der Waals surface area contributed by atoms with Gasteiger partial charge in [-0.05, 0) is 92.6 Å². The third kappa shape index (κ3) is 8.39. The van der Waals surface area contributed by atoms with Gasteiger partial charge in [0.1, 0.15) is 17.4 Å². The Bertz CT molecular complexity index is 1390. The van der Waals surface area contributed by atoms with Gasteiger partial charge in [-0.3, -0.25) is 4.79 Å². The van der Waals surface area contributed by atoms with E-state index in [1.807, 2.05) is 31.2 Å². The number of hydrogen-bond donors (Lipinski definition) is 1. The lowest BCUT2D eigenvalue weighted by molar-refractivity contribution is -0.149. The lowest BCUT2D eigenvalue weighted by Crippen LogP contribution is -2.50. The lowest BCUT2D eigenvalue weighted by atomic mass is 9.84. The Kier molecular flexibility index (Phi) is 10.2. The van der Waals surface area contributed by atoms with Crippen molar-refractivity contribution in [1.29, 1.82) is 0 Å². The molecule has 1 unspecified atom stereocenters. The van der Waals surface area contributed by atoms with Crippen LogP contribution in [0.3, 0.4) is 0 Å². The van der Waals surface area contributed by atoms with Crippen molar-refractivity contribution in [2.45, 2.75) is 84.0 Å². The molecule has 0 spiro atoms. The summed E-state index contributed by atoms with van der Waals surface area (Å²) in [6.07, 6.45) is 2.20. The van der Waals surface area contributed by atoms with Crippen LogP contribution in [0.1, 0.15) is 92.4 Å². The zero-order chi connectivity index (χ0) is 31.2. The van der Waals surface area contributed by atoms with Gasteiger partial charge in [-0.25, -0.2) is 4.79 Å². The minimum Gasteiger partial charge on any atom is -0.485 e. The zero-order valence-electron chi connectivity index (χ0n) is 25.2. The van der Waals surface area contributed by atoms with Gasteiger partial charge in [0.25, 0.3) is 5.91 Å². The maximum Gasteiger partial charge on any atom is 0.416 e. The number of amides is 1. The topological polar surface area (TPSA) is 64.6 Å². The van der Waals surface area contributed by atoms with Crippen LogP contribution in [0, 0.1) is 12.8 Å². The number of aryl methyl sites for hydroxylation is 1. The molecular weight excluding hydrogens is 555 g/mol. The summed E-state index contributed by atoms with van der Waals surface area (Å²) in [4.78, 5) is 25.2. The number of hydrogen-bond acceptors (Lipinski definition) is 4. The van der Waals surface area contributed by atoms with E-state index < -0.39 is 23.2 Å². The first-order valence-corrected chi connectivity index (χ1v) is 14.9. The van der Waals surface area contributed by atoms with Crippen molar-refractivity contribution >= 4 is 11.9 Å². The SMILES string of the molecule is CCOC(=O)C(C)(C)NC(=O)c1ccc(OC(CC2CCCCC2)c2ccc(-c3ccc(C(F)(F)F)cc3)cc2)c(C)c1. The minimum atomic E-state index is -4.37. The molecule has 0 radical (unpaired) electrons. The first kappa shape index (κ1) is 32.1. The van der Waals surface area contributed by atoms with Crippen molar-refractivity contribution in [3.8, 4) is 16.9 Å². The largest absolute Gasteiger partial charge is 0.485 e. The molecule has 0 heterocycles. The highest BCUT2D eigenvalue weighted by atomic mass is 19.4. The fourth-order valence-corrected chi connectivity index (χ4v) is 5.51. The fourth-order valence-electron chi connectivity index (χ4n) is 5.51. The summed E-state index contributed by atoms with van der Waals surface area (Å²) in [5, 5.41) is 2.74. The molecule has 1 amide bonds. The van der Waals surface area contributed by atoms with Crippen LogP contribution < -0.4 is 10.1 Å². The molecule has 1 saturated carbocycles. The number of halogens is 3. The monoisotopic (exact) mass is 595 g/mol. The predicted molar refractivity (Wildman–Crippen MR) is 161 cm³/mol. The summed E-state index contributed by atoms with van der Waals surface area (Å²) in [6.45, 7) is 7.03. The van der Waals surface area contributed by atoms with Crippen molar-refractivity contribution in [1.82, 2.24) is 5.32 Å². The summed E-state index contributed by atoms with van der Waals surface area (Å²) in [6, 6.07) is 18.2. The van der Waals surface area contributed by atoms with Crippen molar-refractivity contribution < 1.29 is 32.2 Å². The number of benzene rings is 3. The van der Waals surface area contributed by atoms with Crippen LogP contribution in [0.25, 0.3) is 11.1 Å². The molecule has 1 fully saturated rings. The quantitative estimate of drug-likeness (QED) is 0.238. The molecule has 1 aliphatic rings. The van der Waals surface area contributed by atoms with Gasteiger partial charge in [0.2, 0.25) is 0 Å². The van der Waals surface area contributed by atoms with E-state index in [1.54, 1.807) is 39.0 Å². The summed E-state index contributed by atoms with van der Waals surface area (Å²) in [5.74, 6) is 0.304. The molecule has 43 heavy (non-hydrogen) atoms. The van der Waals surface area contributed by atoms with E-state index in [9.17, 15) is 22.8 Å². The molecule has 0 aliphatic heterocycles. The van der Waals surface area contributed by atoms with Gasteiger partial charge >= 0.3 is 12.1 Å². The molecule has 230 valence electrons. The van der Waals surface area contributed by atoms with Crippen LogP contribution in [0.4, 0.5) is 13.2 Å². The first-order valence-electron chi connectivity index (χ1n) is 14.9. The van der Waals surface area contributed by atoms with Crippen molar-refractivity contribution in [2.24, 2.45) is 5.92 Å². The van der Waals surface area contributed by atoms with Gasteiger partial charge in [0.15, 0.2) is 0 Å². The average Bonchev–Trinajstić information content (AvgIpc) is 2.98. The Hall–Kier alpha value is -3.81. The number of alkyl halides is 3. The van der Waals surface area contributed by atoms with Crippen molar-refractivity contribution in [3.63, 3.8) is 0 Å². The van der Waals surface area contributed by atoms with E-state index in [4.69, 9.17) is 9.47 Å². The van der Waals surface area contributed by atoms with Gasteiger partial charge in [-0.2, -0.15) is 13.2 Å². The van der Waals surface area contributed by atoms with E-state index in [0.29, 0.717) is 22.8 Å². The highest BCUT2D eigenvalue weighted by Crippen LogP contribution is 2.37. The third-order valence-corrected chi connectivity index (χ3v) is 8.02. The van der Waals surface area contributed by atoms with E-state index in [-0.39, 0.29) is 18.6 Å². The maximum atomic E-state index is 13.0. The number of rotatable bonds is 10. The molecule has 1 aliphatic carbocycles. The normalized spacial score (nSPS) is 15.0. The Morgan fingerprint density at radius 2 is 1.51 bits per heavy atom. The van der Waals surface area contributed by atoms with E-state index in [0.717, 1.165) is 48.1 Å². The second-order valence-electron chi connectivity index (χ2n) is 11.8. The maximum absolute atomic E-state index is 13.0. The molecular formula is C35H40F3NO4. The predicted octanol–water partition coefficient (Wildman–Crippen LogP) is 8.84. The van der Waals surface area contributed by atoms with Crippen LogP contribution in [-0.2, 0) is 15.7 Å². The van der Waals surface area contributed by atoms with Crippen LogP contribution in [0.2, 0.25) is 0 Å². The molecule has 5 nitrogen and oxygen atoms in total. The molecule has 8 heteroatoms. The Morgan fingerprint density at radius 3 is 2.07 bits per heavy atom. The number of ether oxygens (including phenoxy) is 2. The highest BCUT2D eigenvalue weighted by Gasteiger charge is 2.32. The van der Waals surface area contributed by atoms with Gasteiger partial charge in [-0.1, -0.05) is 68.5 Å². The molecule has 0 bridgehead atoms. The number of esters is 1. The molecule has 3 aromatic rings. The molecule has 4 rings (SSSR count). The summed E-state index contributed by atoms with van der Waals surface area (Å²) in [7, 11) is 0. The summed E-state index contributed by atoms with van der Waals surface area (Å²) in [5.41, 5.74) is 1.87. The number of nitrogens with one attached hydrogen (secondary N) is 1. The van der Waals surface area contributed by atoms with Crippen LogP contribution in [-0.4, -0.2) is 24.0 Å². The van der Waals surface area contributed by atoms with Gasteiger partial charge in [0, 0.05) is 5.56 Å². The Labute approximate surface area is 251 Å². The fraction of sp³-hybridized carbons (Fsp3) is 0.429. The Morgan fingerprint density at radius 1 is 0.907 bits per heavy atom. The molecule has 3 aromatic carbocycles. The summed E-state index contributed by atoms with van der Waals surface area (Å²) >= 11 is 0. The van der Waals surface area contributed by atoms with Crippen molar-refractivity contribution in [2.75, 3.05) is 6.61 Å². The van der Waals surface area contributed by atoms with Crippen LogP contribution >= 0.6 is 0 Å². The van der Waals surface area contributed by atoms with Gasteiger partial charge < -0.3 is 14.8 Å². The minimum absolute atomic E-state index is 0.225. The van der Waals surface area contributed by atoms with Crippen LogP contribution in [0.5, 0.6) is 5.75 Å². The van der Waals surface area contributed by atoms with Gasteiger partial charge in [-0.15, -0.1) is 0 Å². The van der Waals surface area contributed by atoms with E-state index >= 15 is 0 Å². The van der Waals surface area contributed by atoms with E-state index in [2.05, 4.69) is 5.32 Å². The smallest absolute Gasteiger partial charge is 0.416 e. The second-order valence-corrected chi connectivity index (χ2v) is 11.8. The lowest BCUT2D eigenvalue weighted by Gasteiger charge is -2.28. The number of carbonyl (C=O) groups is 2. The molecule has 1 N–H and O–H groups in total. The van der Waals surface area contributed by atoms with Crippen molar-refractivity contribution in [3.05, 3.63) is 89.0 Å². The first-order chi connectivity index (χ1) is 20.4. The van der Waals surface area contributed by atoms with Gasteiger partial charge in [0.05, 0.1) is 12.2 Å². The molecule has 0 saturated heterocycles. The molecule has 0 aromatic heterocycles. The standard InChI is InChI=1S/C35H40F3NO4/c1-5-42-33(41)34(3,4)39-32(40)28-17-20-30(23(2)21-28)43-31(22-24-9-7-6-8-10-24)27-13-11-25(12-14-27)26-15-18-29(19-16-26)35(36,37)38/h11-21,24,31H,5-10,22H2,1-4H3,(H,39,40). The zero-order valence-corrected chi connectivity index (χ0v) is 25.2. The molecule has 1 atom stereocenters. The summed E-state index contributed by atoms with van der Waals surface area (Å²) < 4.78 is 50.7. The second kappa shape index (κ2) is 13.7. The number of carbonyl (C=O) groups excluding carboxylic acids is 2.